The molecule has 1 aliphatic rings. The third-order valence-corrected chi connectivity index (χ3v) is 5.08. The molecule has 0 heterocycles. The van der Waals surface area contributed by atoms with Gasteiger partial charge in [-0.1, -0.05) is 19.1 Å². The molecule has 1 saturated carbocycles. The van der Waals surface area contributed by atoms with Gasteiger partial charge in [0.15, 0.2) is 0 Å². The lowest BCUT2D eigenvalue weighted by atomic mass is 9.79. The normalized spacial score (nSPS) is 24.8. The Morgan fingerprint density at radius 1 is 1.52 bits per heavy atom. The highest BCUT2D eigenvalue weighted by Crippen LogP contribution is 2.40. The van der Waals surface area contributed by atoms with Crippen LogP contribution in [0, 0.1) is 5.82 Å². The van der Waals surface area contributed by atoms with Crippen molar-refractivity contribution >= 4 is 23.7 Å². The van der Waals surface area contributed by atoms with E-state index in [1.807, 2.05) is 0 Å². The quantitative estimate of drug-likeness (QED) is 0.794. The van der Waals surface area contributed by atoms with Crippen molar-refractivity contribution in [3.63, 3.8) is 0 Å². The van der Waals surface area contributed by atoms with Gasteiger partial charge in [-0.2, -0.15) is 11.8 Å². The highest BCUT2D eigenvalue weighted by molar-refractivity contribution is 8.00. The molecule has 1 aromatic rings. The first-order chi connectivity index (χ1) is 10.0. The molecule has 5 heteroatoms. The third-order valence-electron chi connectivity index (χ3n) is 3.67. The summed E-state index contributed by atoms with van der Waals surface area (Å²) < 4.78 is 12.7. The Morgan fingerprint density at radius 2 is 2.24 bits per heavy atom. The number of hydrogen-bond acceptors (Lipinski definition) is 3. The standard InChI is InChI=1S/C16H20FNO2S/c1-2-21-14-9-10-16(14,20)11-18-15(19)8-5-12-3-6-13(17)7-4-12/h3-8,14,20H,2,9-11H2,1H3,(H,18,19)/b8-5+/t14-,16-/m0/s1. The van der Waals surface area contributed by atoms with Gasteiger partial charge in [-0.3, -0.25) is 4.79 Å². The maximum absolute atomic E-state index is 12.7. The number of rotatable bonds is 6. The molecular weight excluding hydrogens is 289 g/mol. The van der Waals surface area contributed by atoms with Crippen LogP contribution in [0.1, 0.15) is 25.3 Å². The predicted molar refractivity (Wildman–Crippen MR) is 84.5 cm³/mol. The minimum Gasteiger partial charge on any atom is -0.387 e. The molecule has 114 valence electrons. The van der Waals surface area contributed by atoms with Gasteiger partial charge in [0.1, 0.15) is 5.82 Å². The van der Waals surface area contributed by atoms with E-state index >= 15 is 0 Å². The van der Waals surface area contributed by atoms with Gasteiger partial charge in [-0.25, -0.2) is 4.39 Å². The molecule has 0 spiro atoms. The summed E-state index contributed by atoms with van der Waals surface area (Å²) in [6.07, 6.45) is 4.75. The van der Waals surface area contributed by atoms with E-state index in [4.69, 9.17) is 0 Å². The Bertz CT molecular complexity index is 518. The second-order valence-electron chi connectivity index (χ2n) is 5.19. The van der Waals surface area contributed by atoms with Gasteiger partial charge in [-0.05, 0) is 42.4 Å². The van der Waals surface area contributed by atoms with Gasteiger partial charge in [0.05, 0.1) is 5.60 Å². The van der Waals surface area contributed by atoms with E-state index < -0.39 is 5.60 Å². The number of benzene rings is 1. The van der Waals surface area contributed by atoms with Crippen LogP contribution in [-0.2, 0) is 4.79 Å². The molecule has 0 aromatic heterocycles. The minimum atomic E-state index is -0.778. The van der Waals surface area contributed by atoms with Crippen molar-refractivity contribution in [2.45, 2.75) is 30.6 Å². The molecule has 1 aromatic carbocycles. The first-order valence-electron chi connectivity index (χ1n) is 7.09. The van der Waals surface area contributed by atoms with Gasteiger partial charge in [0, 0.05) is 17.9 Å². The molecule has 1 aliphatic carbocycles. The Labute approximate surface area is 128 Å². The molecule has 0 saturated heterocycles. The first kappa shape index (κ1) is 16.0. The van der Waals surface area contributed by atoms with Gasteiger partial charge < -0.3 is 10.4 Å². The van der Waals surface area contributed by atoms with Crippen LogP contribution in [0.4, 0.5) is 4.39 Å². The molecule has 1 fully saturated rings. The molecule has 0 radical (unpaired) electrons. The molecule has 0 aliphatic heterocycles. The Hall–Kier alpha value is -1.33. The van der Waals surface area contributed by atoms with Crippen molar-refractivity contribution in [2.75, 3.05) is 12.3 Å². The molecule has 0 unspecified atom stereocenters. The monoisotopic (exact) mass is 309 g/mol. The molecule has 0 bridgehead atoms. The molecule has 1 amide bonds. The van der Waals surface area contributed by atoms with Gasteiger partial charge >= 0.3 is 0 Å². The number of carbonyl (C=O) groups is 1. The number of nitrogens with one attached hydrogen (secondary N) is 1. The van der Waals surface area contributed by atoms with Crippen molar-refractivity contribution in [3.8, 4) is 0 Å². The number of carbonyl (C=O) groups excluding carboxylic acids is 1. The number of thioether (sulfide) groups is 1. The lowest BCUT2D eigenvalue weighted by molar-refractivity contribution is -0.118. The summed E-state index contributed by atoms with van der Waals surface area (Å²) in [5, 5.41) is 13.3. The van der Waals surface area contributed by atoms with E-state index in [9.17, 15) is 14.3 Å². The van der Waals surface area contributed by atoms with Crippen molar-refractivity contribution in [1.29, 1.82) is 0 Å². The van der Waals surface area contributed by atoms with E-state index in [2.05, 4.69) is 12.2 Å². The molecule has 21 heavy (non-hydrogen) atoms. The first-order valence-corrected chi connectivity index (χ1v) is 8.14. The average Bonchev–Trinajstić information content (AvgIpc) is 2.48. The molecule has 3 nitrogen and oxygen atoms in total. The van der Waals surface area contributed by atoms with Crippen LogP contribution in [0.3, 0.4) is 0 Å². The second kappa shape index (κ2) is 7.09. The minimum absolute atomic E-state index is 0.212. The van der Waals surface area contributed by atoms with Crippen LogP contribution < -0.4 is 5.32 Å². The molecule has 2 rings (SSSR count). The SMILES string of the molecule is CCS[C@H]1CC[C@]1(O)CNC(=O)/C=C/c1ccc(F)cc1. The lowest BCUT2D eigenvalue weighted by Crippen LogP contribution is -2.56. The number of hydrogen-bond donors (Lipinski definition) is 2. The summed E-state index contributed by atoms with van der Waals surface area (Å²) in [5.74, 6) is 0.411. The fourth-order valence-corrected chi connectivity index (χ4v) is 3.48. The summed E-state index contributed by atoms with van der Waals surface area (Å²) >= 11 is 1.73. The molecule has 2 atom stereocenters. The van der Waals surface area contributed by atoms with Gasteiger partial charge in [-0.15, -0.1) is 0 Å². The smallest absolute Gasteiger partial charge is 0.244 e. The van der Waals surface area contributed by atoms with Gasteiger partial charge in [0.2, 0.25) is 5.91 Å². The summed E-state index contributed by atoms with van der Waals surface area (Å²) in [7, 11) is 0. The van der Waals surface area contributed by atoms with Crippen LogP contribution in [0.5, 0.6) is 0 Å². The number of amides is 1. The average molecular weight is 309 g/mol. The summed E-state index contributed by atoms with van der Waals surface area (Å²) in [4.78, 5) is 11.7. The lowest BCUT2D eigenvalue weighted by Gasteiger charge is -2.44. The van der Waals surface area contributed by atoms with Gasteiger partial charge in [0.25, 0.3) is 0 Å². The van der Waals surface area contributed by atoms with Crippen LogP contribution in [0.2, 0.25) is 0 Å². The van der Waals surface area contributed by atoms with E-state index in [-0.39, 0.29) is 23.5 Å². The van der Waals surface area contributed by atoms with Crippen molar-refractivity contribution < 1.29 is 14.3 Å². The fraction of sp³-hybridized carbons (Fsp3) is 0.438. The zero-order valence-electron chi connectivity index (χ0n) is 12.0. The van der Waals surface area contributed by atoms with Crippen LogP contribution in [0.15, 0.2) is 30.3 Å². The molecular formula is C16H20FNO2S. The zero-order valence-corrected chi connectivity index (χ0v) is 12.8. The van der Waals surface area contributed by atoms with Crippen LogP contribution in [0.25, 0.3) is 6.08 Å². The number of halogens is 1. The highest BCUT2D eigenvalue weighted by Gasteiger charge is 2.45. The van der Waals surface area contributed by atoms with Crippen molar-refractivity contribution in [2.24, 2.45) is 0 Å². The Kier molecular flexibility index (Phi) is 5.42. The topological polar surface area (TPSA) is 49.3 Å². The van der Waals surface area contributed by atoms with Crippen LogP contribution >= 0.6 is 11.8 Å². The maximum atomic E-state index is 12.7. The second-order valence-corrected chi connectivity index (χ2v) is 6.67. The predicted octanol–water partition coefficient (Wildman–Crippen LogP) is 2.60. The van der Waals surface area contributed by atoms with E-state index in [1.54, 1.807) is 30.0 Å². The van der Waals surface area contributed by atoms with E-state index in [1.165, 1.54) is 18.2 Å². The van der Waals surface area contributed by atoms with E-state index in [0.29, 0.717) is 0 Å². The van der Waals surface area contributed by atoms with Crippen molar-refractivity contribution in [3.05, 3.63) is 41.7 Å². The zero-order chi connectivity index (χ0) is 15.3. The largest absolute Gasteiger partial charge is 0.387 e. The summed E-state index contributed by atoms with van der Waals surface area (Å²) in [5.41, 5.74) is -0.0200. The Balaban J connectivity index is 1.81. The summed E-state index contributed by atoms with van der Waals surface area (Å²) in [6, 6.07) is 5.90. The number of aliphatic hydroxyl groups is 1. The van der Waals surface area contributed by atoms with Crippen molar-refractivity contribution in [1.82, 2.24) is 5.32 Å². The maximum Gasteiger partial charge on any atom is 0.244 e. The van der Waals surface area contributed by atoms with E-state index in [0.717, 1.165) is 24.2 Å². The van der Waals surface area contributed by atoms with Crippen LogP contribution in [-0.4, -0.2) is 34.2 Å². The highest BCUT2D eigenvalue weighted by atomic mass is 32.2. The summed E-state index contributed by atoms with van der Waals surface area (Å²) in [6.45, 7) is 2.34. The molecule has 2 N–H and O–H groups in total. The third kappa shape index (κ3) is 4.32. The Morgan fingerprint density at radius 3 is 2.81 bits per heavy atom. The fourth-order valence-electron chi connectivity index (χ4n) is 2.28.